The molecule has 0 saturated carbocycles. The fourth-order valence-electron chi connectivity index (χ4n) is 2.04. The fraction of sp³-hybridized carbons (Fsp3) is 0.176. The molecule has 0 spiro atoms. The van der Waals surface area contributed by atoms with Gasteiger partial charge in [-0.25, -0.2) is 13.8 Å². The molecular formula is C17H19N3O4S. The Bertz CT molecular complexity index is 851. The molecule has 0 unspecified atom stereocenters. The molecule has 0 atom stereocenters. The van der Waals surface area contributed by atoms with Crippen LogP contribution in [0.2, 0.25) is 0 Å². The number of hydrazone groups is 1. The molecule has 7 nitrogen and oxygen atoms in total. The van der Waals surface area contributed by atoms with E-state index in [0.29, 0.717) is 11.3 Å². The van der Waals surface area contributed by atoms with Crippen LogP contribution in [0.5, 0.6) is 5.75 Å². The molecule has 0 heterocycles. The number of hydrogen-bond donors (Lipinski definition) is 1. The Morgan fingerprint density at radius 3 is 2.48 bits per heavy atom. The number of hydrogen-bond acceptors (Lipinski definition) is 5. The Morgan fingerprint density at radius 1 is 1.16 bits per heavy atom. The van der Waals surface area contributed by atoms with Gasteiger partial charge >= 0.3 is 0 Å². The predicted octanol–water partition coefficient (Wildman–Crippen LogP) is 1.47. The Labute approximate surface area is 147 Å². The number of sulfonamides is 1. The number of nitrogens with zero attached hydrogens (tertiary/aromatic N) is 2. The highest BCUT2D eigenvalue weighted by Gasteiger charge is 2.22. The SMILES string of the molecule is COc1ccccc1/C=N\NC(=O)CN(C)S(=O)(=O)c1ccccc1. The van der Waals surface area contributed by atoms with Crippen molar-refractivity contribution in [2.24, 2.45) is 5.10 Å². The summed E-state index contributed by atoms with van der Waals surface area (Å²) in [6.07, 6.45) is 1.43. The number of benzene rings is 2. The third-order valence-electron chi connectivity index (χ3n) is 3.35. The molecule has 25 heavy (non-hydrogen) atoms. The molecule has 2 aromatic rings. The number of carbonyl (C=O) groups excluding carboxylic acids is 1. The second kappa shape index (κ2) is 8.41. The molecule has 132 valence electrons. The van der Waals surface area contributed by atoms with Gasteiger partial charge in [-0.3, -0.25) is 4.79 Å². The minimum absolute atomic E-state index is 0.128. The molecule has 0 fully saturated rings. The first-order valence-electron chi connectivity index (χ1n) is 7.41. The van der Waals surface area contributed by atoms with Crippen LogP contribution in [0.4, 0.5) is 0 Å². The van der Waals surface area contributed by atoms with E-state index in [9.17, 15) is 13.2 Å². The van der Waals surface area contributed by atoms with Gasteiger partial charge < -0.3 is 4.74 Å². The Hall–Kier alpha value is -2.71. The molecule has 0 saturated heterocycles. The maximum Gasteiger partial charge on any atom is 0.255 e. The lowest BCUT2D eigenvalue weighted by molar-refractivity contribution is -0.121. The number of rotatable bonds is 7. The second-order valence-electron chi connectivity index (χ2n) is 5.11. The van der Waals surface area contributed by atoms with Gasteiger partial charge in [-0.05, 0) is 24.3 Å². The summed E-state index contributed by atoms with van der Waals surface area (Å²) in [6, 6.07) is 15.1. The number of amides is 1. The molecule has 0 aliphatic rings. The van der Waals surface area contributed by atoms with E-state index in [0.717, 1.165) is 4.31 Å². The van der Waals surface area contributed by atoms with Crippen LogP contribution < -0.4 is 10.2 Å². The van der Waals surface area contributed by atoms with E-state index < -0.39 is 15.9 Å². The van der Waals surface area contributed by atoms with Crippen molar-refractivity contribution in [3.05, 3.63) is 60.2 Å². The van der Waals surface area contributed by atoms with Crippen molar-refractivity contribution in [2.45, 2.75) is 4.90 Å². The van der Waals surface area contributed by atoms with Crippen molar-refractivity contribution >= 4 is 22.1 Å². The summed E-state index contributed by atoms with van der Waals surface area (Å²) in [4.78, 5) is 12.0. The van der Waals surface area contributed by atoms with E-state index in [1.165, 1.54) is 32.5 Å². The highest BCUT2D eigenvalue weighted by atomic mass is 32.2. The van der Waals surface area contributed by atoms with E-state index in [2.05, 4.69) is 10.5 Å². The van der Waals surface area contributed by atoms with Gasteiger partial charge in [-0.15, -0.1) is 0 Å². The highest BCUT2D eigenvalue weighted by Crippen LogP contribution is 2.15. The van der Waals surface area contributed by atoms with Crippen LogP contribution in [0.1, 0.15) is 5.56 Å². The van der Waals surface area contributed by atoms with Gasteiger partial charge in [0.15, 0.2) is 0 Å². The number of methoxy groups -OCH3 is 1. The second-order valence-corrected chi connectivity index (χ2v) is 7.15. The molecule has 0 radical (unpaired) electrons. The van der Waals surface area contributed by atoms with E-state index in [1.54, 1.807) is 30.3 Å². The quantitative estimate of drug-likeness (QED) is 0.597. The summed E-state index contributed by atoms with van der Waals surface area (Å²) in [5, 5.41) is 3.83. The van der Waals surface area contributed by atoms with Crippen LogP contribution in [0.15, 0.2) is 64.6 Å². The van der Waals surface area contributed by atoms with Gasteiger partial charge in [0.25, 0.3) is 5.91 Å². The first kappa shape index (κ1) is 18.6. The smallest absolute Gasteiger partial charge is 0.255 e. The van der Waals surface area contributed by atoms with Crippen molar-refractivity contribution in [3.8, 4) is 5.75 Å². The Morgan fingerprint density at radius 2 is 1.80 bits per heavy atom. The number of ether oxygens (including phenoxy) is 1. The Kier molecular flexibility index (Phi) is 6.26. The minimum Gasteiger partial charge on any atom is -0.496 e. The fourth-order valence-corrected chi connectivity index (χ4v) is 3.19. The van der Waals surface area contributed by atoms with Crippen LogP contribution in [0, 0.1) is 0 Å². The van der Waals surface area contributed by atoms with Gasteiger partial charge in [0.1, 0.15) is 5.75 Å². The van der Waals surface area contributed by atoms with E-state index in [4.69, 9.17) is 4.74 Å². The lowest BCUT2D eigenvalue weighted by Crippen LogP contribution is -2.36. The van der Waals surface area contributed by atoms with Crippen LogP contribution >= 0.6 is 0 Å². The molecule has 1 amide bonds. The summed E-state index contributed by atoms with van der Waals surface area (Å²) in [5.74, 6) is 0.0671. The summed E-state index contributed by atoms with van der Waals surface area (Å²) >= 11 is 0. The predicted molar refractivity (Wildman–Crippen MR) is 95.0 cm³/mol. The van der Waals surface area contributed by atoms with Gasteiger partial charge in [0.2, 0.25) is 10.0 Å². The molecular weight excluding hydrogens is 342 g/mol. The van der Waals surface area contributed by atoms with Crippen molar-refractivity contribution in [1.29, 1.82) is 0 Å². The average molecular weight is 361 g/mol. The van der Waals surface area contributed by atoms with Crippen molar-refractivity contribution in [1.82, 2.24) is 9.73 Å². The standard InChI is InChI=1S/C17H19N3O4S/c1-20(25(22,23)15-9-4-3-5-10-15)13-17(21)19-18-12-14-8-6-7-11-16(14)24-2/h3-12H,13H2,1-2H3,(H,19,21)/b18-12-. The third kappa shape index (κ3) is 4.88. The van der Waals surface area contributed by atoms with Crippen LogP contribution in [0.3, 0.4) is 0 Å². The first-order chi connectivity index (χ1) is 11.9. The van der Waals surface area contributed by atoms with Gasteiger partial charge in [0, 0.05) is 12.6 Å². The zero-order valence-electron chi connectivity index (χ0n) is 13.9. The van der Waals surface area contributed by atoms with Crippen molar-refractivity contribution in [3.63, 3.8) is 0 Å². The van der Waals surface area contributed by atoms with Crippen LogP contribution in [-0.2, 0) is 14.8 Å². The van der Waals surface area contributed by atoms with E-state index in [1.807, 2.05) is 12.1 Å². The summed E-state index contributed by atoms with van der Waals surface area (Å²) < 4.78 is 30.8. The maximum absolute atomic E-state index is 12.3. The maximum atomic E-state index is 12.3. The third-order valence-corrected chi connectivity index (χ3v) is 5.17. The van der Waals surface area contributed by atoms with Gasteiger partial charge in [0.05, 0.1) is 24.8 Å². The lowest BCUT2D eigenvalue weighted by Gasteiger charge is -2.15. The molecule has 0 aromatic heterocycles. The van der Waals surface area contributed by atoms with Crippen LogP contribution in [0.25, 0.3) is 0 Å². The normalized spacial score (nSPS) is 11.6. The zero-order chi connectivity index (χ0) is 18.3. The van der Waals surface area contributed by atoms with Crippen molar-refractivity contribution < 1.29 is 17.9 Å². The number of nitrogens with one attached hydrogen (secondary N) is 1. The minimum atomic E-state index is -3.72. The molecule has 0 aliphatic carbocycles. The average Bonchev–Trinajstić information content (AvgIpc) is 2.62. The van der Waals surface area contributed by atoms with E-state index >= 15 is 0 Å². The summed E-state index contributed by atoms with van der Waals surface area (Å²) in [5.41, 5.74) is 3.00. The summed E-state index contributed by atoms with van der Waals surface area (Å²) in [6.45, 7) is -0.347. The summed E-state index contributed by atoms with van der Waals surface area (Å²) in [7, 11) is -0.846. The monoisotopic (exact) mass is 361 g/mol. The molecule has 0 aliphatic heterocycles. The molecule has 2 rings (SSSR count). The van der Waals surface area contributed by atoms with E-state index in [-0.39, 0.29) is 11.4 Å². The van der Waals surface area contributed by atoms with Crippen LogP contribution in [-0.4, -0.2) is 45.5 Å². The molecule has 8 heteroatoms. The largest absolute Gasteiger partial charge is 0.496 e. The van der Waals surface area contributed by atoms with Gasteiger partial charge in [-0.1, -0.05) is 30.3 Å². The number of carbonyl (C=O) groups is 1. The zero-order valence-corrected chi connectivity index (χ0v) is 14.7. The van der Waals surface area contributed by atoms with Crippen molar-refractivity contribution in [2.75, 3.05) is 20.7 Å². The Balaban J connectivity index is 1.97. The number of para-hydroxylation sites is 1. The lowest BCUT2D eigenvalue weighted by atomic mass is 10.2. The molecule has 1 N–H and O–H groups in total. The molecule has 2 aromatic carbocycles. The topological polar surface area (TPSA) is 88.1 Å². The molecule has 0 bridgehead atoms. The highest BCUT2D eigenvalue weighted by molar-refractivity contribution is 7.89. The van der Waals surface area contributed by atoms with Gasteiger partial charge in [-0.2, -0.15) is 9.41 Å². The number of likely N-dealkylation sites (N-methyl/N-ethyl adjacent to an activating group) is 1. The first-order valence-corrected chi connectivity index (χ1v) is 8.85.